The largest absolute Gasteiger partial charge is 0.297 e. The first-order valence-corrected chi connectivity index (χ1v) is 9.53. The summed E-state index contributed by atoms with van der Waals surface area (Å²) in [5.41, 5.74) is 2.48. The molecule has 0 aliphatic carbocycles. The maximum absolute atomic E-state index is 13.1. The Balaban J connectivity index is 1.60. The van der Waals surface area contributed by atoms with Gasteiger partial charge < -0.3 is 0 Å². The van der Waals surface area contributed by atoms with E-state index in [9.17, 15) is 9.18 Å². The predicted molar refractivity (Wildman–Crippen MR) is 104 cm³/mol. The van der Waals surface area contributed by atoms with Gasteiger partial charge in [0.25, 0.3) is 5.91 Å². The van der Waals surface area contributed by atoms with Crippen molar-refractivity contribution in [1.82, 2.24) is 14.8 Å². The van der Waals surface area contributed by atoms with Crippen LogP contribution in [0.3, 0.4) is 0 Å². The number of thiazole rings is 1. The number of carbonyl (C=O) groups is 1. The molecule has 0 bridgehead atoms. The summed E-state index contributed by atoms with van der Waals surface area (Å²) in [7, 11) is 1.87. The number of carbonyl (C=O) groups excluding carboxylic acids is 1. The molecule has 0 saturated heterocycles. The van der Waals surface area contributed by atoms with Gasteiger partial charge >= 0.3 is 0 Å². The van der Waals surface area contributed by atoms with Crippen molar-refractivity contribution in [1.29, 1.82) is 0 Å². The Morgan fingerprint density at radius 3 is 2.62 bits per heavy atom. The fourth-order valence-electron chi connectivity index (χ4n) is 2.80. The molecule has 1 amide bonds. The van der Waals surface area contributed by atoms with Gasteiger partial charge in [0.1, 0.15) is 10.6 Å². The molecule has 0 saturated carbocycles. The lowest BCUT2D eigenvalue weighted by Crippen LogP contribution is -2.09. The molecule has 1 aromatic carbocycles. The first-order chi connectivity index (χ1) is 12.4. The third kappa shape index (κ3) is 2.91. The molecule has 26 heavy (non-hydrogen) atoms. The highest BCUT2D eigenvalue weighted by Gasteiger charge is 2.17. The average molecular weight is 386 g/mol. The van der Waals surface area contributed by atoms with Crippen LogP contribution in [0.4, 0.5) is 9.52 Å². The molecule has 0 aliphatic rings. The van der Waals surface area contributed by atoms with Gasteiger partial charge in [-0.2, -0.15) is 5.10 Å². The Hall–Kier alpha value is -2.58. The number of fused-ring (bicyclic) bond motifs is 1. The van der Waals surface area contributed by atoms with Crippen molar-refractivity contribution in [2.75, 3.05) is 5.32 Å². The van der Waals surface area contributed by atoms with Crippen LogP contribution in [0.5, 0.6) is 0 Å². The molecule has 3 heterocycles. The second-order valence-electron chi connectivity index (χ2n) is 5.92. The quantitative estimate of drug-likeness (QED) is 0.552. The first kappa shape index (κ1) is 16.9. The number of rotatable bonds is 3. The number of hydrogen-bond donors (Lipinski definition) is 1. The summed E-state index contributed by atoms with van der Waals surface area (Å²) in [4.78, 5) is 19.6. The van der Waals surface area contributed by atoms with Crippen molar-refractivity contribution in [3.05, 3.63) is 51.6 Å². The van der Waals surface area contributed by atoms with Gasteiger partial charge in [-0.15, -0.1) is 22.7 Å². The van der Waals surface area contributed by atoms with Gasteiger partial charge in [0, 0.05) is 22.9 Å². The number of anilines is 1. The molecule has 0 atom stereocenters. The van der Waals surface area contributed by atoms with E-state index in [0.717, 1.165) is 32.0 Å². The average Bonchev–Trinajstić information content (AvgIpc) is 3.25. The summed E-state index contributed by atoms with van der Waals surface area (Å²) in [5, 5.41) is 8.73. The predicted octanol–water partition coefficient (Wildman–Crippen LogP) is 4.77. The maximum atomic E-state index is 13.1. The van der Waals surface area contributed by atoms with Crippen molar-refractivity contribution < 1.29 is 9.18 Å². The number of amides is 1. The number of nitrogens with one attached hydrogen (secondary N) is 1. The molecule has 1 N–H and O–H groups in total. The molecule has 3 aromatic heterocycles. The highest BCUT2D eigenvalue weighted by Crippen LogP contribution is 2.32. The van der Waals surface area contributed by atoms with Crippen LogP contribution in [0.1, 0.15) is 20.2 Å². The minimum atomic E-state index is -0.287. The van der Waals surface area contributed by atoms with E-state index in [2.05, 4.69) is 15.4 Å². The van der Waals surface area contributed by atoms with Crippen molar-refractivity contribution in [3.8, 4) is 11.3 Å². The number of nitrogens with zero attached hydrogens (tertiary/aromatic N) is 3. The first-order valence-electron chi connectivity index (χ1n) is 7.90. The van der Waals surface area contributed by atoms with Crippen LogP contribution >= 0.6 is 22.7 Å². The minimum Gasteiger partial charge on any atom is -0.297 e. The normalized spacial score (nSPS) is 11.2. The summed E-state index contributed by atoms with van der Waals surface area (Å²) in [6.07, 6.45) is 0. The molecule has 4 rings (SSSR count). The number of aryl methyl sites for hydroxylation is 3. The Labute approximate surface area is 157 Å². The van der Waals surface area contributed by atoms with E-state index in [1.807, 2.05) is 27.0 Å². The lowest BCUT2D eigenvalue weighted by Gasteiger charge is -1.99. The molecule has 0 fully saturated rings. The Kier molecular flexibility index (Phi) is 4.08. The van der Waals surface area contributed by atoms with Crippen LogP contribution in [0.25, 0.3) is 21.5 Å². The van der Waals surface area contributed by atoms with Crippen LogP contribution in [0, 0.1) is 19.7 Å². The Bertz CT molecular complexity index is 1090. The third-order valence-corrected chi connectivity index (χ3v) is 6.14. The molecule has 0 aliphatic heterocycles. The Morgan fingerprint density at radius 2 is 1.92 bits per heavy atom. The second-order valence-corrected chi connectivity index (χ2v) is 8.16. The van der Waals surface area contributed by atoms with E-state index in [1.165, 1.54) is 34.8 Å². The molecule has 4 aromatic rings. The lowest BCUT2D eigenvalue weighted by molar-refractivity contribution is 0.103. The molecular weight excluding hydrogens is 371 g/mol. The van der Waals surface area contributed by atoms with Gasteiger partial charge in [-0.3, -0.25) is 14.8 Å². The minimum absolute atomic E-state index is 0.190. The van der Waals surface area contributed by atoms with E-state index in [4.69, 9.17) is 0 Å². The third-order valence-electron chi connectivity index (χ3n) is 4.05. The standard InChI is InChI=1S/C18H15FN4OS2/c1-9-13-8-14(26-17(13)23(3)22-9)16(24)21-18-20-15(10(2)25-18)11-4-6-12(19)7-5-11/h4-8H,1-3H3,(H,20,21,24). The monoisotopic (exact) mass is 386 g/mol. The maximum Gasteiger partial charge on any atom is 0.267 e. The number of hydrogen-bond acceptors (Lipinski definition) is 5. The van der Waals surface area contributed by atoms with Crippen LogP contribution in [-0.4, -0.2) is 20.7 Å². The van der Waals surface area contributed by atoms with E-state index in [1.54, 1.807) is 16.8 Å². The van der Waals surface area contributed by atoms with Crippen molar-refractivity contribution in [2.24, 2.45) is 7.05 Å². The van der Waals surface area contributed by atoms with E-state index < -0.39 is 0 Å². The smallest absolute Gasteiger partial charge is 0.267 e. The molecule has 0 spiro atoms. The van der Waals surface area contributed by atoms with Crippen LogP contribution in [0.2, 0.25) is 0 Å². The second kappa shape index (κ2) is 6.30. The SMILES string of the molecule is Cc1sc(NC(=O)c2cc3c(C)nn(C)c3s2)nc1-c1ccc(F)cc1. The van der Waals surface area contributed by atoms with Gasteiger partial charge in [-0.05, 0) is 44.2 Å². The summed E-state index contributed by atoms with van der Waals surface area (Å²) >= 11 is 2.81. The van der Waals surface area contributed by atoms with Crippen molar-refractivity contribution in [2.45, 2.75) is 13.8 Å². The zero-order valence-electron chi connectivity index (χ0n) is 14.3. The fourth-order valence-corrected chi connectivity index (χ4v) is 4.65. The van der Waals surface area contributed by atoms with Crippen LogP contribution < -0.4 is 5.32 Å². The summed E-state index contributed by atoms with van der Waals surface area (Å²) in [5.74, 6) is -0.477. The van der Waals surface area contributed by atoms with E-state index in [-0.39, 0.29) is 11.7 Å². The van der Waals surface area contributed by atoms with Crippen LogP contribution in [-0.2, 0) is 7.05 Å². The highest BCUT2D eigenvalue weighted by molar-refractivity contribution is 7.20. The highest BCUT2D eigenvalue weighted by atomic mass is 32.1. The summed E-state index contributed by atoms with van der Waals surface area (Å²) < 4.78 is 14.9. The van der Waals surface area contributed by atoms with Crippen molar-refractivity contribution in [3.63, 3.8) is 0 Å². The van der Waals surface area contributed by atoms with Crippen LogP contribution in [0.15, 0.2) is 30.3 Å². The molecule has 8 heteroatoms. The molecule has 0 radical (unpaired) electrons. The lowest BCUT2D eigenvalue weighted by atomic mass is 10.1. The molecular formula is C18H15FN4OS2. The summed E-state index contributed by atoms with van der Waals surface area (Å²) in [6.45, 7) is 3.86. The van der Waals surface area contributed by atoms with Gasteiger partial charge in [0.05, 0.1) is 16.3 Å². The molecule has 5 nitrogen and oxygen atoms in total. The number of thiophene rings is 1. The van der Waals surface area contributed by atoms with Gasteiger partial charge in [0.2, 0.25) is 0 Å². The topological polar surface area (TPSA) is 59.8 Å². The molecule has 0 unspecified atom stereocenters. The van der Waals surface area contributed by atoms with Gasteiger partial charge in [0.15, 0.2) is 5.13 Å². The number of halogens is 1. The Morgan fingerprint density at radius 1 is 1.19 bits per heavy atom. The number of benzene rings is 1. The molecule has 132 valence electrons. The number of aromatic nitrogens is 3. The fraction of sp³-hybridized carbons (Fsp3) is 0.167. The van der Waals surface area contributed by atoms with Crippen molar-refractivity contribution >= 4 is 43.9 Å². The van der Waals surface area contributed by atoms with E-state index in [0.29, 0.717) is 10.0 Å². The van der Waals surface area contributed by atoms with Gasteiger partial charge in [-0.1, -0.05) is 0 Å². The zero-order chi connectivity index (χ0) is 18.4. The van der Waals surface area contributed by atoms with Gasteiger partial charge in [-0.25, -0.2) is 9.37 Å². The van der Waals surface area contributed by atoms with E-state index >= 15 is 0 Å². The zero-order valence-corrected chi connectivity index (χ0v) is 16.0. The summed E-state index contributed by atoms with van der Waals surface area (Å²) in [6, 6.07) is 8.04.